The normalized spacial score (nSPS) is 10.2. The molecule has 1 rings (SSSR count). The molecule has 94 valence electrons. The fourth-order valence-corrected chi connectivity index (χ4v) is 1.52. The molecule has 0 fully saturated rings. The lowest BCUT2D eigenvalue weighted by Crippen LogP contribution is -2.31. The zero-order valence-corrected chi connectivity index (χ0v) is 10.2. The second-order valence-electron chi connectivity index (χ2n) is 3.92. The van der Waals surface area contributed by atoms with Crippen LogP contribution in [0.4, 0.5) is 0 Å². The van der Waals surface area contributed by atoms with Gasteiger partial charge in [-0.3, -0.25) is 10.2 Å². The summed E-state index contributed by atoms with van der Waals surface area (Å²) in [7, 11) is 0. The van der Waals surface area contributed by atoms with E-state index in [0.29, 0.717) is 13.0 Å². The van der Waals surface area contributed by atoms with Gasteiger partial charge in [-0.2, -0.15) is 0 Å². The Morgan fingerprint density at radius 2 is 2.06 bits per heavy atom. The van der Waals surface area contributed by atoms with E-state index in [2.05, 4.69) is 12.3 Å². The van der Waals surface area contributed by atoms with Crippen LogP contribution in [0.3, 0.4) is 0 Å². The molecule has 1 amide bonds. The number of hydrogen-bond donors (Lipinski definition) is 2. The number of carbonyl (C=O) groups is 1. The van der Waals surface area contributed by atoms with Crippen molar-refractivity contribution in [3.63, 3.8) is 0 Å². The van der Waals surface area contributed by atoms with Crippen LogP contribution in [-0.4, -0.2) is 12.5 Å². The lowest BCUT2D eigenvalue weighted by Gasteiger charge is -2.09. The molecule has 0 spiro atoms. The van der Waals surface area contributed by atoms with Crippen LogP contribution in [0.15, 0.2) is 24.3 Å². The van der Waals surface area contributed by atoms with Crippen molar-refractivity contribution in [2.45, 2.75) is 32.8 Å². The van der Waals surface area contributed by atoms with Gasteiger partial charge in [0.2, 0.25) is 5.91 Å². The molecule has 1 aromatic rings. The summed E-state index contributed by atoms with van der Waals surface area (Å²) in [6.45, 7) is 3.44. The zero-order chi connectivity index (χ0) is 12.5. The zero-order valence-electron chi connectivity index (χ0n) is 10.2. The molecule has 0 aliphatic heterocycles. The van der Waals surface area contributed by atoms with Gasteiger partial charge < -0.3 is 4.74 Å². The van der Waals surface area contributed by atoms with E-state index in [-0.39, 0.29) is 5.91 Å². The predicted molar refractivity (Wildman–Crippen MR) is 67.0 cm³/mol. The maximum atomic E-state index is 11.2. The second kappa shape index (κ2) is 7.81. The molecule has 0 aliphatic rings. The van der Waals surface area contributed by atoms with Crippen molar-refractivity contribution in [2.24, 2.45) is 5.84 Å². The van der Waals surface area contributed by atoms with E-state index < -0.39 is 0 Å². The third kappa shape index (κ3) is 4.97. The molecule has 0 saturated heterocycles. The van der Waals surface area contributed by atoms with E-state index >= 15 is 0 Å². The van der Waals surface area contributed by atoms with Crippen LogP contribution in [0.2, 0.25) is 0 Å². The lowest BCUT2D eigenvalue weighted by molar-refractivity contribution is -0.120. The third-order valence-corrected chi connectivity index (χ3v) is 2.53. The summed E-state index contributed by atoms with van der Waals surface area (Å²) in [6, 6.07) is 7.76. The number of ether oxygens (including phenoxy) is 1. The Labute approximate surface area is 102 Å². The SMILES string of the molecule is CCCCOCc1ccccc1CC(=O)NN. The van der Waals surface area contributed by atoms with Crippen LogP contribution in [0.1, 0.15) is 30.9 Å². The van der Waals surface area contributed by atoms with Crippen LogP contribution in [0.5, 0.6) is 0 Å². The number of unbranched alkanes of at least 4 members (excludes halogenated alkanes) is 1. The summed E-state index contributed by atoms with van der Waals surface area (Å²) < 4.78 is 5.55. The van der Waals surface area contributed by atoms with Crippen molar-refractivity contribution in [1.82, 2.24) is 5.43 Å². The molecule has 0 aliphatic carbocycles. The first kappa shape index (κ1) is 13.7. The van der Waals surface area contributed by atoms with Crippen molar-refractivity contribution in [3.05, 3.63) is 35.4 Å². The van der Waals surface area contributed by atoms with E-state index in [0.717, 1.165) is 30.6 Å². The van der Waals surface area contributed by atoms with Gasteiger partial charge in [0.15, 0.2) is 0 Å². The topological polar surface area (TPSA) is 64.3 Å². The van der Waals surface area contributed by atoms with Crippen LogP contribution in [-0.2, 0) is 22.6 Å². The summed E-state index contributed by atoms with van der Waals surface area (Å²) in [5, 5.41) is 0. The smallest absolute Gasteiger partial charge is 0.238 e. The van der Waals surface area contributed by atoms with Gasteiger partial charge in [0.05, 0.1) is 13.0 Å². The van der Waals surface area contributed by atoms with Gasteiger partial charge in [0.25, 0.3) is 0 Å². The van der Waals surface area contributed by atoms with Crippen molar-refractivity contribution in [2.75, 3.05) is 6.61 Å². The average Bonchev–Trinajstić information content (AvgIpc) is 2.36. The van der Waals surface area contributed by atoms with Crippen molar-refractivity contribution >= 4 is 5.91 Å². The second-order valence-corrected chi connectivity index (χ2v) is 3.92. The van der Waals surface area contributed by atoms with Gasteiger partial charge in [-0.15, -0.1) is 0 Å². The average molecular weight is 236 g/mol. The van der Waals surface area contributed by atoms with E-state index in [9.17, 15) is 4.79 Å². The molecular formula is C13H20N2O2. The molecule has 4 heteroatoms. The van der Waals surface area contributed by atoms with Gasteiger partial charge >= 0.3 is 0 Å². The first-order valence-electron chi connectivity index (χ1n) is 5.92. The molecule has 0 aromatic heterocycles. The molecule has 0 bridgehead atoms. The number of hydrogen-bond acceptors (Lipinski definition) is 3. The van der Waals surface area contributed by atoms with E-state index in [1.165, 1.54) is 0 Å². The fraction of sp³-hybridized carbons (Fsp3) is 0.462. The number of amides is 1. The highest BCUT2D eigenvalue weighted by atomic mass is 16.5. The quantitative estimate of drug-likeness (QED) is 0.326. The highest BCUT2D eigenvalue weighted by Gasteiger charge is 2.06. The molecule has 4 nitrogen and oxygen atoms in total. The Morgan fingerprint density at radius 3 is 2.71 bits per heavy atom. The minimum atomic E-state index is -0.189. The first-order chi connectivity index (χ1) is 8.27. The number of hydrazine groups is 1. The van der Waals surface area contributed by atoms with E-state index in [4.69, 9.17) is 10.6 Å². The minimum absolute atomic E-state index is 0.189. The maximum absolute atomic E-state index is 11.2. The Morgan fingerprint density at radius 1 is 1.35 bits per heavy atom. The van der Waals surface area contributed by atoms with Crippen LogP contribution in [0, 0.1) is 0 Å². The monoisotopic (exact) mass is 236 g/mol. The Bertz CT molecular complexity index is 353. The molecule has 3 N–H and O–H groups in total. The minimum Gasteiger partial charge on any atom is -0.377 e. The standard InChI is InChI=1S/C13H20N2O2/c1-2-3-8-17-10-12-7-5-4-6-11(12)9-13(16)15-14/h4-7H,2-3,8-10,14H2,1H3,(H,15,16). The van der Waals surface area contributed by atoms with Crippen LogP contribution < -0.4 is 11.3 Å². The number of rotatable bonds is 7. The number of benzene rings is 1. The molecule has 0 saturated carbocycles. The van der Waals surface area contributed by atoms with Gasteiger partial charge in [0, 0.05) is 6.61 Å². The number of nitrogens with two attached hydrogens (primary N) is 1. The number of carbonyl (C=O) groups excluding carboxylic acids is 1. The summed E-state index contributed by atoms with van der Waals surface area (Å²) in [5.41, 5.74) is 4.15. The Balaban J connectivity index is 2.54. The van der Waals surface area contributed by atoms with Crippen molar-refractivity contribution < 1.29 is 9.53 Å². The summed E-state index contributed by atoms with van der Waals surface area (Å²) in [4.78, 5) is 11.2. The Kier molecular flexibility index (Phi) is 6.29. The molecule has 17 heavy (non-hydrogen) atoms. The predicted octanol–water partition coefficient (Wildman–Crippen LogP) is 1.54. The van der Waals surface area contributed by atoms with Crippen molar-refractivity contribution in [1.29, 1.82) is 0 Å². The van der Waals surface area contributed by atoms with E-state index in [1.807, 2.05) is 24.3 Å². The van der Waals surface area contributed by atoms with Crippen LogP contribution >= 0.6 is 0 Å². The number of nitrogens with one attached hydrogen (secondary N) is 1. The largest absolute Gasteiger partial charge is 0.377 e. The molecule has 1 aromatic carbocycles. The summed E-state index contributed by atoms with van der Waals surface area (Å²) >= 11 is 0. The maximum Gasteiger partial charge on any atom is 0.238 e. The molecule has 0 atom stereocenters. The highest BCUT2D eigenvalue weighted by Crippen LogP contribution is 2.11. The third-order valence-electron chi connectivity index (χ3n) is 2.53. The first-order valence-corrected chi connectivity index (χ1v) is 5.92. The lowest BCUT2D eigenvalue weighted by atomic mass is 10.1. The Hall–Kier alpha value is -1.39. The molecule has 0 unspecified atom stereocenters. The highest BCUT2D eigenvalue weighted by molar-refractivity contribution is 5.78. The molecule has 0 heterocycles. The van der Waals surface area contributed by atoms with Crippen molar-refractivity contribution in [3.8, 4) is 0 Å². The van der Waals surface area contributed by atoms with Gasteiger partial charge in [-0.1, -0.05) is 37.6 Å². The van der Waals surface area contributed by atoms with Crippen LogP contribution in [0.25, 0.3) is 0 Å². The van der Waals surface area contributed by atoms with Gasteiger partial charge in [0.1, 0.15) is 0 Å². The fourth-order valence-electron chi connectivity index (χ4n) is 1.52. The van der Waals surface area contributed by atoms with Gasteiger partial charge in [-0.25, -0.2) is 5.84 Å². The molecule has 0 radical (unpaired) electrons. The summed E-state index contributed by atoms with van der Waals surface area (Å²) in [5.74, 6) is 4.89. The molecular weight excluding hydrogens is 216 g/mol. The van der Waals surface area contributed by atoms with E-state index in [1.54, 1.807) is 0 Å². The van der Waals surface area contributed by atoms with Gasteiger partial charge in [-0.05, 0) is 17.5 Å². The summed E-state index contributed by atoms with van der Waals surface area (Å²) in [6.07, 6.45) is 2.48.